The molecule has 3 heteroatoms. The summed E-state index contributed by atoms with van der Waals surface area (Å²) in [6.07, 6.45) is 2.79. The molecular weight excluding hydrogens is 166 g/mol. The molecule has 2 atom stereocenters. The van der Waals surface area contributed by atoms with Crippen molar-refractivity contribution >= 4 is 5.97 Å². The molecule has 1 N–H and O–H groups in total. The smallest absolute Gasteiger partial charge is 0.306 e. The third-order valence-electron chi connectivity index (χ3n) is 2.49. The van der Waals surface area contributed by atoms with Crippen molar-refractivity contribution in [3.05, 3.63) is 0 Å². The number of esters is 1. The van der Waals surface area contributed by atoms with Gasteiger partial charge in [-0.05, 0) is 39.2 Å². The maximum atomic E-state index is 11.2. The van der Waals surface area contributed by atoms with E-state index < -0.39 is 0 Å². The standard InChI is InChI=1S/C10H19NO2/c1-3-13-10(12)7-9-4-5-11-8(2)6-9/h8-9,11H,3-7H2,1-2H3/t8-,9+/m0/s1. The van der Waals surface area contributed by atoms with E-state index in [9.17, 15) is 4.79 Å². The number of ether oxygens (including phenoxy) is 1. The molecule has 3 nitrogen and oxygen atoms in total. The monoisotopic (exact) mass is 185 g/mol. The lowest BCUT2D eigenvalue weighted by molar-refractivity contribution is -0.144. The molecule has 0 aliphatic carbocycles. The lowest BCUT2D eigenvalue weighted by Crippen LogP contribution is -2.36. The molecule has 1 rings (SSSR count). The van der Waals surface area contributed by atoms with Gasteiger partial charge in [0.2, 0.25) is 0 Å². The van der Waals surface area contributed by atoms with Gasteiger partial charge in [-0.3, -0.25) is 4.79 Å². The zero-order chi connectivity index (χ0) is 9.68. The SMILES string of the molecule is CCOC(=O)C[C@@H]1CCN[C@@H](C)C1. The summed E-state index contributed by atoms with van der Waals surface area (Å²) in [7, 11) is 0. The van der Waals surface area contributed by atoms with E-state index in [1.54, 1.807) is 0 Å². The van der Waals surface area contributed by atoms with Crippen molar-refractivity contribution in [3.63, 3.8) is 0 Å². The molecule has 0 saturated carbocycles. The van der Waals surface area contributed by atoms with Gasteiger partial charge in [0.05, 0.1) is 6.61 Å². The van der Waals surface area contributed by atoms with Crippen LogP contribution in [0.1, 0.15) is 33.1 Å². The van der Waals surface area contributed by atoms with E-state index in [1.807, 2.05) is 6.92 Å². The number of piperidine rings is 1. The van der Waals surface area contributed by atoms with E-state index in [4.69, 9.17) is 4.74 Å². The third-order valence-corrected chi connectivity index (χ3v) is 2.49. The van der Waals surface area contributed by atoms with Gasteiger partial charge in [0.15, 0.2) is 0 Å². The van der Waals surface area contributed by atoms with Crippen molar-refractivity contribution in [1.29, 1.82) is 0 Å². The highest BCUT2D eigenvalue weighted by atomic mass is 16.5. The average Bonchev–Trinajstić information content (AvgIpc) is 2.04. The Bertz CT molecular complexity index is 170. The molecule has 1 aliphatic rings. The molecule has 1 fully saturated rings. The summed E-state index contributed by atoms with van der Waals surface area (Å²) >= 11 is 0. The number of hydrogen-bond donors (Lipinski definition) is 1. The molecule has 1 heterocycles. The van der Waals surface area contributed by atoms with Gasteiger partial charge in [-0.25, -0.2) is 0 Å². The van der Waals surface area contributed by atoms with Crippen molar-refractivity contribution in [1.82, 2.24) is 5.32 Å². The molecule has 0 aromatic rings. The predicted octanol–water partition coefficient (Wildman–Crippen LogP) is 1.33. The Labute approximate surface area is 79.8 Å². The van der Waals surface area contributed by atoms with Crippen LogP contribution in [0.15, 0.2) is 0 Å². The summed E-state index contributed by atoms with van der Waals surface area (Å²) in [5.74, 6) is 0.483. The third kappa shape index (κ3) is 3.77. The minimum atomic E-state index is -0.0402. The van der Waals surface area contributed by atoms with Crippen LogP contribution in [0, 0.1) is 5.92 Å². The summed E-state index contributed by atoms with van der Waals surface area (Å²) in [5, 5.41) is 3.37. The maximum absolute atomic E-state index is 11.2. The van der Waals surface area contributed by atoms with Crippen LogP contribution in [0.2, 0.25) is 0 Å². The molecule has 76 valence electrons. The first-order chi connectivity index (χ1) is 6.22. The van der Waals surface area contributed by atoms with E-state index in [0.717, 1.165) is 19.4 Å². The molecule has 13 heavy (non-hydrogen) atoms. The van der Waals surface area contributed by atoms with Gasteiger partial charge in [0.1, 0.15) is 0 Å². The molecule has 0 amide bonds. The number of carbonyl (C=O) groups is 1. The van der Waals surface area contributed by atoms with E-state index >= 15 is 0 Å². The second kappa shape index (κ2) is 5.22. The highest BCUT2D eigenvalue weighted by molar-refractivity contribution is 5.69. The first-order valence-electron chi connectivity index (χ1n) is 5.11. The average molecular weight is 185 g/mol. The van der Waals surface area contributed by atoms with Crippen LogP contribution in [0.4, 0.5) is 0 Å². The van der Waals surface area contributed by atoms with Crippen molar-refractivity contribution in [2.24, 2.45) is 5.92 Å². The van der Waals surface area contributed by atoms with E-state index in [-0.39, 0.29) is 5.97 Å². The van der Waals surface area contributed by atoms with Crippen LogP contribution in [0.5, 0.6) is 0 Å². The van der Waals surface area contributed by atoms with Gasteiger partial charge in [-0.2, -0.15) is 0 Å². The Hall–Kier alpha value is -0.570. The fraction of sp³-hybridized carbons (Fsp3) is 0.900. The summed E-state index contributed by atoms with van der Waals surface area (Å²) in [6.45, 7) is 5.55. The zero-order valence-corrected chi connectivity index (χ0v) is 8.51. The zero-order valence-electron chi connectivity index (χ0n) is 8.51. The van der Waals surface area contributed by atoms with Crippen molar-refractivity contribution in [2.45, 2.75) is 39.2 Å². The number of nitrogens with one attached hydrogen (secondary N) is 1. The second-order valence-corrected chi connectivity index (χ2v) is 3.75. The molecule has 0 aromatic carbocycles. The topological polar surface area (TPSA) is 38.3 Å². The van der Waals surface area contributed by atoms with Crippen molar-refractivity contribution in [2.75, 3.05) is 13.2 Å². The fourth-order valence-corrected chi connectivity index (χ4v) is 1.88. The Morgan fingerprint density at radius 2 is 2.38 bits per heavy atom. The molecule has 0 unspecified atom stereocenters. The summed E-state index contributed by atoms with van der Waals surface area (Å²) in [5.41, 5.74) is 0. The summed E-state index contributed by atoms with van der Waals surface area (Å²) < 4.78 is 4.92. The highest BCUT2D eigenvalue weighted by Crippen LogP contribution is 2.19. The Balaban J connectivity index is 2.23. The van der Waals surface area contributed by atoms with Gasteiger partial charge in [-0.1, -0.05) is 0 Å². The first-order valence-corrected chi connectivity index (χ1v) is 5.11. The van der Waals surface area contributed by atoms with Crippen LogP contribution in [-0.4, -0.2) is 25.2 Å². The molecule has 0 spiro atoms. The molecule has 1 aliphatic heterocycles. The quantitative estimate of drug-likeness (QED) is 0.674. The van der Waals surface area contributed by atoms with E-state index in [0.29, 0.717) is 25.0 Å². The van der Waals surface area contributed by atoms with Gasteiger partial charge in [0, 0.05) is 12.5 Å². The minimum Gasteiger partial charge on any atom is -0.466 e. The number of hydrogen-bond acceptors (Lipinski definition) is 3. The minimum absolute atomic E-state index is 0.0402. The lowest BCUT2D eigenvalue weighted by Gasteiger charge is -2.27. The first kappa shape index (κ1) is 10.5. The van der Waals surface area contributed by atoms with Gasteiger partial charge in [-0.15, -0.1) is 0 Å². The van der Waals surface area contributed by atoms with E-state index in [1.165, 1.54) is 0 Å². The highest BCUT2D eigenvalue weighted by Gasteiger charge is 2.21. The predicted molar refractivity (Wildman–Crippen MR) is 51.4 cm³/mol. The van der Waals surface area contributed by atoms with Crippen molar-refractivity contribution < 1.29 is 9.53 Å². The van der Waals surface area contributed by atoms with Crippen molar-refractivity contribution in [3.8, 4) is 0 Å². The summed E-state index contributed by atoms with van der Waals surface area (Å²) in [6, 6.07) is 0.549. The Morgan fingerprint density at radius 1 is 1.62 bits per heavy atom. The normalized spacial score (nSPS) is 28.5. The largest absolute Gasteiger partial charge is 0.466 e. The molecule has 0 radical (unpaired) electrons. The number of rotatable bonds is 3. The van der Waals surface area contributed by atoms with Crippen LogP contribution in [0.3, 0.4) is 0 Å². The van der Waals surface area contributed by atoms with Crippen LogP contribution < -0.4 is 5.32 Å². The Kier molecular flexibility index (Phi) is 4.22. The molecule has 0 bridgehead atoms. The van der Waals surface area contributed by atoms with Gasteiger partial charge >= 0.3 is 5.97 Å². The maximum Gasteiger partial charge on any atom is 0.306 e. The number of carbonyl (C=O) groups excluding carboxylic acids is 1. The van der Waals surface area contributed by atoms with Crippen LogP contribution in [-0.2, 0) is 9.53 Å². The van der Waals surface area contributed by atoms with Crippen LogP contribution in [0.25, 0.3) is 0 Å². The van der Waals surface area contributed by atoms with Gasteiger partial charge in [0.25, 0.3) is 0 Å². The van der Waals surface area contributed by atoms with Crippen LogP contribution >= 0.6 is 0 Å². The Morgan fingerprint density at radius 3 is 3.00 bits per heavy atom. The molecular formula is C10H19NO2. The summed E-state index contributed by atoms with van der Waals surface area (Å²) in [4.78, 5) is 11.2. The second-order valence-electron chi connectivity index (χ2n) is 3.75. The lowest BCUT2D eigenvalue weighted by atomic mass is 9.90. The fourth-order valence-electron chi connectivity index (χ4n) is 1.88. The van der Waals surface area contributed by atoms with Gasteiger partial charge < -0.3 is 10.1 Å². The van der Waals surface area contributed by atoms with E-state index in [2.05, 4.69) is 12.2 Å². The molecule has 0 aromatic heterocycles. The molecule has 1 saturated heterocycles.